The van der Waals surface area contributed by atoms with Crippen LogP contribution in [0.5, 0.6) is 5.88 Å². The van der Waals surface area contributed by atoms with Crippen LogP contribution in [0.2, 0.25) is 0 Å². The van der Waals surface area contributed by atoms with Gasteiger partial charge in [0, 0.05) is 6.54 Å². The van der Waals surface area contributed by atoms with Gasteiger partial charge in [-0.05, 0) is 17.8 Å². The van der Waals surface area contributed by atoms with Crippen LogP contribution in [0.1, 0.15) is 20.3 Å². The molecule has 6 heteroatoms. The first-order chi connectivity index (χ1) is 7.33. The molecule has 0 spiro atoms. The van der Waals surface area contributed by atoms with Gasteiger partial charge < -0.3 is 5.11 Å². The molecule has 2 N–H and O–H groups in total. The maximum absolute atomic E-state index is 13.1. The van der Waals surface area contributed by atoms with Crippen LogP contribution in [0.3, 0.4) is 0 Å². The minimum Gasteiger partial charge on any atom is -0.492 e. The highest BCUT2D eigenvalue weighted by Gasteiger charge is 2.46. The highest BCUT2D eigenvalue weighted by Crippen LogP contribution is 2.52. The third-order valence-corrected chi connectivity index (χ3v) is 3.24. The Morgan fingerprint density at radius 3 is 2.62 bits per heavy atom. The van der Waals surface area contributed by atoms with Gasteiger partial charge in [-0.25, -0.2) is 4.79 Å². The Labute approximate surface area is 90.5 Å². The molecule has 0 aliphatic heterocycles. The van der Waals surface area contributed by atoms with Crippen LogP contribution in [0.25, 0.3) is 0 Å². The van der Waals surface area contributed by atoms with Crippen molar-refractivity contribution in [2.45, 2.75) is 26.8 Å². The summed E-state index contributed by atoms with van der Waals surface area (Å²) in [5, 5.41) is 9.37. The van der Waals surface area contributed by atoms with Crippen molar-refractivity contribution in [1.82, 2.24) is 9.55 Å². The lowest BCUT2D eigenvalue weighted by Crippen LogP contribution is -2.32. The summed E-state index contributed by atoms with van der Waals surface area (Å²) in [5.74, 6) is -1.96. The van der Waals surface area contributed by atoms with E-state index in [0.717, 1.165) is 11.0 Å². The minimum absolute atomic E-state index is 0.110. The van der Waals surface area contributed by atoms with E-state index >= 15 is 0 Å². The topological polar surface area (TPSA) is 75.1 Å². The van der Waals surface area contributed by atoms with E-state index in [0.29, 0.717) is 0 Å². The van der Waals surface area contributed by atoms with Gasteiger partial charge in [0.05, 0.1) is 0 Å². The van der Waals surface area contributed by atoms with Crippen molar-refractivity contribution < 1.29 is 9.50 Å². The van der Waals surface area contributed by atoms with Gasteiger partial charge in [0.25, 0.3) is 5.56 Å². The zero-order chi connectivity index (χ0) is 12.1. The number of H-pyrrole nitrogens is 1. The lowest BCUT2D eigenvalue weighted by atomic mass is 10.1. The molecular weight excluding hydrogens is 215 g/mol. The summed E-state index contributed by atoms with van der Waals surface area (Å²) in [6.45, 7) is 4.29. The number of halogens is 1. The predicted octanol–water partition coefficient (Wildman–Crippen LogP) is 0.427. The summed E-state index contributed by atoms with van der Waals surface area (Å²) in [4.78, 5) is 24.0. The van der Waals surface area contributed by atoms with Gasteiger partial charge in [0.2, 0.25) is 11.7 Å². The first-order valence-corrected chi connectivity index (χ1v) is 5.04. The largest absolute Gasteiger partial charge is 0.492 e. The predicted molar refractivity (Wildman–Crippen MR) is 54.8 cm³/mol. The van der Waals surface area contributed by atoms with E-state index in [-0.39, 0.29) is 17.9 Å². The number of nitrogens with one attached hydrogen (secondary N) is 1. The zero-order valence-corrected chi connectivity index (χ0v) is 9.08. The Balaban J connectivity index is 2.39. The lowest BCUT2D eigenvalue weighted by Gasteiger charge is -2.08. The fraction of sp³-hybridized carbons (Fsp3) is 0.600. The zero-order valence-electron chi connectivity index (χ0n) is 9.08. The van der Waals surface area contributed by atoms with Gasteiger partial charge in [-0.1, -0.05) is 13.8 Å². The Kier molecular flexibility index (Phi) is 2.18. The van der Waals surface area contributed by atoms with E-state index in [2.05, 4.69) is 0 Å². The molecule has 1 aliphatic carbocycles. The molecule has 1 aromatic heterocycles. The quantitative estimate of drug-likeness (QED) is 0.770. The molecule has 0 aromatic carbocycles. The first-order valence-electron chi connectivity index (χ1n) is 5.04. The number of nitrogens with zero attached hydrogens (tertiary/aromatic N) is 1. The van der Waals surface area contributed by atoms with Gasteiger partial charge in [-0.15, -0.1) is 0 Å². The van der Waals surface area contributed by atoms with E-state index in [1.807, 2.05) is 18.8 Å². The first kappa shape index (κ1) is 10.9. The SMILES string of the molecule is CC1(C)CC1Cn1c(O)c(F)c(=O)[nH]c1=O. The molecule has 16 heavy (non-hydrogen) atoms. The van der Waals surface area contributed by atoms with Gasteiger partial charge >= 0.3 is 5.69 Å². The van der Waals surface area contributed by atoms with Crippen LogP contribution in [-0.4, -0.2) is 14.7 Å². The maximum atomic E-state index is 13.1. The molecular formula is C10H13FN2O3. The summed E-state index contributed by atoms with van der Waals surface area (Å²) in [6.07, 6.45) is 0.916. The van der Waals surface area contributed by atoms with Gasteiger partial charge in [0.15, 0.2) is 0 Å². The lowest BCUT2D eigenvalue weighted by molar-refractivity contribution is 0.346. The number of aromatic amines is 1. The van der Waals surface area contributed by atoms with Crippen molar-refractivity contribution in [3.8, 4) is 5.88 Å². The fourth-order valence-electron chi connectivity index (χ4n) is 1.81. The van der Waals surface area contributed by atoms with Crippen molar-refractivity contribution in [2.24, 2.45) is 11.3 Å². The van der Waals surface area contributed by atoms with Gasteiger partial charge in [-0.3, -0.25) is 14.3 Å². The smallest absolute Gasteiger partial charge is 0.331 e. The third kappa shape index (κ3) is 1.64. The van der Waals surface area contributed by atoms with E-state index in [1.54, 1.807) is 0 Å². The van der Waals surface area contributed by atoms with E-state index in [4.69, 9.17) is 0 Å². The second-order valence-corrected chi connectivity index (χ2v) is 4.90. The van der Waals surface area contributed by atoms with Gasteiger partial charge in [-0.2, -0.15) is 4.39 Å². The number of hydrogen-bond acceptors (Lipinski definition) is 3. The maximum Gasteiger partial charge on any atom is 0.331 e. The van der Waals surface area contributed by atoms with Crippen molar-refractivity contribution in [3.63, 3.8) is 0 Å². The summed E-state index contributed by atoms with van der Waals surface area (Å²) < 4.78 is 14.0. The highest BCUT2D eigenvalue weighted by atomic mass is 19.1. The monoisotopic (exact) mass is 228 g/mol. The van der Waals surface area contributed by atoms with Gasteiger partial charge in [0.1, 0.15) is 0 Å². The molecule has 5 nitrogen and oxygen atoms in total. The summed E-state index contributed by atoms with van der Waals surface area (Å²) >= 11 is 0. The number of hydrogen-bond donors (Lipinski definition) is 2. The number of aromatic hydroxyl groups is 1. The Morgan fingerprint density at radius 1 is 1.56 bits per heavy atom. The van der Waals surface area contributed by atoms with Crippen LogP contribution in [-0.2, 0) is 6.54 Å². The minimum atomic E-state index is -1.31. The standard InChI is InChI=1S/C10H13FN2O3/c1-10(2)3-5(10)4-13-8(15)6(11)7(14)12-9(13)16/h5,15H,3-4H2,1-2H3,(H,12,14,16). The molecule has 1 unspecified atom stereocenters. The molecule has 88 valence electrons. The molecule has 0 bridgehead atoms. The van der Waals surface area contributed by atoms with Crippen molar-refractivity contribution >= 4 is 0 Å². The second-order valence-electron chi connectivity index (χ2n) is 4.90. The van der Waals surface area contributed by atoms with E-state index in [9.17, 15) is 19.1 Å². The van der Waals surface area contributed by atoms with Crippen LogP contribution in [0.15, 0.2) is 9.59 Å². The summed E-state index contributed by atoms with van der Waals surface area (Å²) in [6, 6.07) is 0. The number of rotatable bonds is 2. The third-order valence-electron chi connectivity index (χ3n) is 3.24. The van der Waals surface area contributed by atoms with Crippen molar-refractivity contribution in [3.05, 3.63) is 26.7 Å². The molecule has 0 amide bonds. The van der Waals surface area contributed by atoms with Crippen molar-refractivity contribution in [2.75, 3.05) is 0 Å². The van der Waals surface area contributed by atoms with Crippen LogP contribution < -0.4 is 11.2 Å². The average molecular weight is 228 g/mol. The molecule has 1 heterocycles. The Morgan fingerprint density at radius 2 is 2.12 bits per heavy atom. The summed E-state index contributed by atoms with van der Waals surface area (Å²) in [7, 11) is 0. The van der Waals surface area contributed by atoms with Crippen LogP contribution in [0, 0.1) is 17.2 Å². The molecule has 0 saturated heterocycles. The Hall–Kier alpha value is -1.59. The number of aromatic nitrogens is 2. The molecule has 1 fully saturated rings. The van der Waals surface area contributed by atoms with Crippen LogP contribution in [0.4, 0.5) is 4.39 Å². The molecule has 2 rings (SSSR count). The van der Waals surface area contributed by atoms with Crippen LogP contribution >= 0.6 is 0 Å². The summed E-state index contributed by atoms with van der Waals surface area (Å²) in [5.41, 5.74) is -1.85. The molecule has 0 radical (unpaired) electrons. The Bertz CT molecular complexity index is 544. The normalized spacial score (nSPS) is 22.1. The van der Waals surface area contributed by atoms with E-state index in [1.165, 1.54) is 0 Å². The fourth-order valence-corrected chi connectivity index (χ4v) is 1.81. The molecule has 1 aromatic rings. The molecule has 1 aliphatic rings. The average Bonchev–Trinajstić information content (AvgIpc) is 2.78. The highest BCUT2D eigenvalue weighted by molar-refractivity contribution is 5.10. The van der Waals surface area contributed by atoms with E-state index < -0.39 is 22.9 Å². The molecule has 1 atom stereocenters. The second kappa shape index (κ2) is 3.20. The van der Waals surface area contributed by atoms with Crippen molar-refractivity contribution in [1.29, 1.82) is 0 Å². The molecule has 1 saturated carbocycles.